The molecule has 0 amide bonds. The predicted octanol–water partition coefficient (Wildman–Crippen LogP) is 1.19. The fraction of sp³-hybridized carbons (Fsp3) is 0.571. The number of hydrogen-bond donors (Lipinski definition) is 1. The molecule has 0 aromatic carbocycles. The number of likely N-dealkylation sites (N-methyl/N-ethyl adjacent to an activating group) is 1. The summed E-state index contributed by atoms with van der Waals surface area (Å²) >= 11 is 0. The highest BCUT2D eigenvalue weighted by Gasteiger charge is 2.16. The fourth-order valence-corrected chi connectivity index (χ4v) is 1.41. The second-order valence-electron chi connectivity index (χ2n) is 4.92. The van der Waals surface area contributed by atoms with E-state index in [0.29, 0.717) is 24.1 Å². The van der Waals surface area contributed by atoms with Crippen LogP contribution in [0.3, 0.4) is 0 Å². The summed E-state index contributed by atoms with van der Waals surface area (Å²) in [6.45, 7) is 6.85. The zero-order valence-corrected chi connectivity index (χ0v) is 12.4. The zero-order chi connectivity index (χ0) is 15.6. The molecular weight excluding hydrogens is 262 g/mol. The second kappa shape index (κ2) is 9.14. The van der Waals surface area contributed by atoms with Gasteiger partial charge in [-0.05, 0) is 13.0 Å². The maximum atomic E-state index is 11.2. The lowest BCUT2D eigenvalue weighted by molar-refractivity contribution is -0.890. The van der Waals surface area contributed by atoms with Gasteiger partial charge in [0.25, 0.3) is 0 Å². The maximum Gasteiger partial charge on any atom is 0.373 e. The van der Waals surface area contributed by atoms with Crippen molar-refractivity contribution in [3.63, 3.8) is 0 Å². The Morgan fingerprint density at radius 1 is 1.20 bits per heavy atom. The van der Waals surface area contributed by atoms with Gasteiger partial charge in [-0.2, -0.15) is 0 Å². The minimum absolute atomic E-state index is 0.241. The normalized spacial score (nSPS) is 11.8. The lowest BCUT2D eigenvalue weighted by atomic mass is 10.3. The highest BCUT2D eigenvalue weighted by molar-refractivity contribution is 5.85. The smallest absolute Gasteiger partial charge is 0.373 e. The Morgan fingerprint density at radius 2 is 1.85 bits per heavy atom. The third-order valence-electron chi connectivity index (χ3n) is 2.73. The summed E-state index contributed by atoms with van der Waals surface area (Å²) in [7, 11) is 3.99. The van der Waals surface area contributed by atoms with Crippen LogP contribution >= 0.6 is 0 Å². The average molecular weight is 286 g/mol. The number of aliphatic hydroxyl groups excluding tert-OH is 1. The first kappa shape index (κ1) is 18.2. The summed E-state index contributed by atoms with van der Waals surface area (Å²) in [5.41, 5.74) is 0. The van der Waals surface area contributed by atoms with E-state index in [1.165, 1.54) is 6.08 Å². The molecule has 0 fully saturated rings. The minimum Gasteiger partial charge on any atom is -0.502 e. The van der Waals surface area contributed by atoms with Gasteiger partial charge in [-0.25, -0.2) is 9.59 Å². The van der Waals surface area contributed by atoms with Crippen LogP contribution in [-0.4, -0.2) is 61.9 Å². The molecule has 0 radical (unpaired) electrons. The third kappa shape index (κ3) is 8.31. The molecule has 1 N–H and O–H groups in total. The van der Waals surface area contributed by atoms with E-state index in [1.807, 2.05) is 14.1 Å². The second-order valence-corrected chi connectivity index (χ2v) is 4.92. The first-order valence-electron chi connectivity index (χ1n) is 6.46. The zero-order valence-electron chi connectivity index (χ0n) is 12.4. The predicted molar refractivity (Wildman–Crippen MR) is 75.0 cm³/mol. The Kier molecular flexibility index (Phi) is 8.31. The number of esters is 2. The van der Waals surface area contributed by atoms with Crippen LogP contribution in [0.2, 0.25) is 0 Å². The van der Waals surface area contributed by atoms with Gasteiger partial charge in [-0.1, -0.05) is 6.58 Å². The van der Waals surface area contributed by atoms with Gasteiger partial charge in [-0.3, -0.25) is 0 Å². The molecule has 0 aliphatic rings. The Morgan fingerprint density at radius 3 is 2.40 bits per heavy atom. The number of quaternary nitrogens is 1. The van der Waals surface area contributed by atoms with E-state index in [-0.39, 0.29) is 12.4 Å². The van der Waals surface area contributed by atoms with Gasteiger partial charge in [-0.15, -0.1) is 0 Å². The van der Waals surface area contributed by atoms with Crippen LogP contribution in [0, 0.1) is 0 Å². The van der Waals surface area contributed by atoms with Gasteiger partial charge in [0.2, 0.25) is 0 Å². The van der Waals surface area contributed by atoms with Crippen molar-refractivity contribution in [2.75, 3.05) is 40.4 Å². The molecule has 0 atom stereocenters. The van der Waals surface area contributed by atoms with Crippen molar-refractivity contribution in [1.82, 2.24) is 0 Å². The molecule has 0 bridgehead atoms. The van der Waals surface area contributed by atoms with Crippen LogP contribution in [-0.2, 0) is 19.1 Å². The number of nitrogens with zero attached hydrogens (tertiary/aromatic N) is 1. The molecule has 0 aliphatic carbocycles. The van der Waals surface area contributed by atoms with Crippen molar-refractivity contribution >= 4 is 11.9 Å². The Labute approximate surface area is 119 Å². The highest BCUT2D eigenvalue weighted by atomic mass is 16.5. The molecule has 0 saturated heterocycles. The van der Waals surface area contributed by atoms with Crippen LogP contribution in [0.5, 0.6) is 0 Å². The first-order chi connectivity index (χ1) is 9.32. The molecule has 0 saturated carbocycles. The molecule has 20 heavy (non-hydrogen) atoms. The summed E-state index contributed by atoms with van der Waals surface area (Å²) < 4.78 is 10.4. The number of ether oxygens (including phenoxy) is 2. The summed E-state index contributed by atoms with van der Waals surface area (Å²) in [4.78, 5) is 22.1. The van der Waals surface area contributed by atoms with Crippen LogP contribution < -0.4 is 0 Å². The van der Waals surface area contributed by atoms with Crippen molar-refractivity contribution in [2.24, 2.45) is 0 Å². The molecular formula is C14H24NO5+. The average Bonchev–Trinajstić information content (AvgIpc) is 2.41. The molecule has 6 nitrogen and oxygen atoms in total. The lowest BCUT2D eigenvalue weighted by Gasteiger charge is -2.29. The van der Waals surface area contributed by atoms with Crippen LogP contribution in [0.4, 0.5) is 0 Å². The van der Waals surface area contributed by atoms with E-state index in [2.05, 4.69) is 6.58 Å². The molecule has 114 valence electrons. The number of aliphatic hydroxyl groups is 1. The molecule has 6 heteroatoms. The van der Waals surface area contributed by atoms with Crippen molar-refractivity contribution in [3.05, 3.63) is 24.5 Å². The summed E-state index contributed by atoms with van der Waals surface area (Å²) in [5.74, 6) is -1.52. The third-order valence-corrected chi connectivity index (χ3v) is 2.73. The van der Waals surface area contributed by atoms with Crippen LogP contribution in [0.1, 0.15) is 13.3 Å². The van der Waals surface area contributed by atoms with Gasteiger partial charge in [0.05, 0.1) is 27.2 Å². The van der Waals surface area contributed by atoms with Gasteiger partial charge in [0.15, 0.2) is 5.76 Å². The minimum atomic E-state index is -0.710. The summed E-state index contributed by atoms with van der Waals surface area (Å²) in [5, 5.41) is 9.10. The molecule has 0 spiro atoms. The van der Waals surface area contributed by atoms with E-state index in [1.54, 1.807) is 6.92 Å². The van der Waals surface area contributed by atoms with E-state index >= 15 is 0 Å². The van der Waals surface area contributed by atoms with E-state index in [4.69, 9.17) is 14.6 Å². The molecule has 0 heterocycles. The van der Waals surface area contributed by atoms with Gasteiger partial charge in [0.1, 0.15) is 13.2 Å². The SMILES string of the molecule is C=CC(=O)OCC[N+](C)(C)CCCOC(=O)C(O)=CC. The van der Waals surface area contributed by atoms with Gasteiger partial charge < -0.3 is 19.1 Å². The van der Waals surface area contributed by atoms with Crippen molar-refractivity contribution < 1.29 is 28.7 Å². The van der Waals surface area contributed by atoms with Gasteiger partial charge in [0, 0.05) is 12.5 Å². The fourth-order valence-electron chi connectivity index (χ4n) is 1.41. The monoisotopic (exact) mass is 286 g/mol. The van der Waals surface area contributed by atoms with E-state index < -0.39 is 11.9 Å². The highest BCUT2D eigenvalue weighted by Crippen LogP contribution is 2.01. The summed E-state index contributed by atoms with van der Waals surface area (Å²) in [6, 6.07) is 0. The molecule has 0 unspecified atom stereocenters. The molecule has 0 rings (SSSR count). The molecule has 0 aliphatic heterocycles. The van der Waals surface area contributed by atoms with Gasteiger partial charge >= 0.3 is 11.9 Å². The number of carbonyl (C=O) groups excluding carboxylic acids is 2. The van der Waals surface area contributed by atoms with Crippen molar-refractivity contribution in [2.45, 2.75) is 13.3 Å². The van der Waals surface area contributed by atoms with E-state index in [0.717, 1.165) is 12.6 Å². The topological polar surface area (TPSA) is 72.8 Å². The number of carbonyl (C=O) groups is 2. The number of allylic oxidation sites excluding steroid dienone is 1. The van der Waals surface area contributed by atoms with Crippen LogP contribution in [0.15, 0.2) is 24.5 Å². The number of hydrogen-bond acceptors (Lipinski definition) is 5. The Balaban J connectivity index is 3.84. The van der Waals surface area contributed by atoms with Crippen molar-refractivity contribution in [3.8, 4) is 0 Å². The lowest BCUT2D eigenvalue weighted by Crippen LogP contribution is -2.43. The Hall–Kier alpha value is -1.82. The standard InChI is InChI=1S/C14H23NO5/c1-5-12(16)14(18)20-10-7-8-15(3,4)9-11-19-13(17)6-2/h5-6H,2,7-11H2,1,3-4H3/p+1. The van der Waals surface area contributed by atoms with Crippen molar-refractivity contribution in [1.29, 1.82) is 0 Å². The first-order valence-corrected chi connectivity index (χ1v) is 6.46. The molecule has 0 aromatic rings. The summed E-state index contributed by atoms with van der Waals surface area (Å²) in [6.07, 6.45) is 3.08. The number of rotatable bonds is 9. The molecule has 0 aromatic heterocycles. The largest absolute Gasteiger partial charge is 0.502 e. The van der Waals surface area contributed by atoms with E-state index in [9.17, 15) is 9.59 Å². The Bertz CT molecular complexity index is 374. The quantitative estimate of drug-likeness (QED) is 0.227. The maximum absolute atomic E-state index is 11.2. The van der Waals surface area contributed by atoms with Crippen LogP contribution in [0.25, 0.3) is 0 Å².